The van der Waals surface area contributed by atoms with Crippen LogP contribution in [0.1, 0.15) is 86.7 Å². The molecule has 7 nitrogen and oxygen atoms in total. The van der Waals surface area contributed by atoms with Gasteiger partial charge in [0.05, 0.1) is 23.6 Å². The first-order valence-electron chi connectivity index (χ1n) is 16.3. The number of sulfonamides is 1. The van der Waals surface area contributed by atoms with Crippen LogP contribution >= 0.6 is 11.6 Å². The topological polar surface area (TPSA) is 95.9 Å². The van der Waals surface area contributed by atoms with Gasteiger partial charge in [-0.05, 0) is 104 Å². The first-order chi connectivity index (χ1) is 21.1. The van der Waals surface area contributed by atoms with Gasteiger partial charge in [0, 0.05) is 29.1 Å². The number of aliphatic hydroxyl groups excluding tert-OH is 1. The third-order valence-corrected chi connectivity index (χ3v) is 12.8. The van der Waals surface area contributed by atoms with Gasteiger partial charge in [0.2, 0.25) is 10.0 Å². The predicted molar refractivity (Wildman–Crippen MR) is 175 cm³/mol. The third-order valence-electron chi connectivity index (χ3n) is 10.6. The van der Waals surface area contributed by atoms with Crippen LogP contribution in [0.25, 0.3) is 0 Å². The van der Waals surface area contributed by atoms with E-state index in [9.17, 15) is 18.3 Å². The lowest BCUT2D eigenvalue weighted by atomic mass is 9.68. The number of hydrogen-bond donors (Lipinski definition) is 2. The van der Waals surface area contributed by atoms with Crippen LogP contribution in [0.2, 0.25) is 5.02 Å². The normalized spacial score (nSPS) is 32.3. The molecule has 6 rings (SSSR count). The number of nitrogens with one attached hydrogen (secondary N) is 1. The highest BCUT2D eigenvalue weighted by molar-refractivity contribution is 7.90. The maximum Gasteiger partial charge on any atom is 0.264 e. The van der Waals surface area contributed by atoms with Crippen molar-refractivity contribution in [3.8, 4) is 5.75 Å². The molecule has 2 aliphatic heterocycles. The summed E-state index contributed by atoms with van der Waals surface area (Å²) in [6.07, 6.45) is 10.8. The van der Waals surface area contributed by atoms with E-state index in [0.29, 0.717) is 37.3 Å². The second kappa shape index (κ2) is 12.7. The SMILES string of the molecule is CCCC[C@@H]1[C@@H](C)C/C=C\[C@H](O)[C@@H]2CC[C@H]2CN2C[C@@]3(CCCc4cc(Cl)ccc43)COc3ccc(cc32)C(=O)NS1(=O)=O. The van der Waals surface area contributed by atoms with E-state index in [1.165, 1.54) is 11.1 Å². The molecule has 2 aromatic rings. The molecule has 6 atom stereocenters. The third kappa shape index (κ3) is 6.14. The van der Waals surface area contributed by atoms with E-state index in [4.69, 9.17) is 16.3 Å². The molecule has 1 spiro atoms. The smallest absolute Gasteiger partial charge is 0.264 e. The highest BCUT2D eigenvalue weighted by Gasteiger charge is 2.44. The number of nitrogens with zero attached hydrogens (tertiary/aromatic N) is 1. The van der Waals surface area contributed by atoms with Crippen LogP contribution in [0.15, 0.2) is 48.6 Å². The van der Waals surface area contributed by atoms with Crippen LogP contribution in [-0.4, -0.2) is 50.5 Å². The largest absolute Gasteiger partial charge is 0.490 e. The van der Waals surface area contributed by atoms with Gasteiger partial charge in [-0.1, -0.05) is 56.5 Å². The average molecular weight is 641 g/mol. The maximum absolute atomic E-state index is 13.6. The highest BCUT2D eigenvalue weighted by Crippen LogP contribution is 2.46. The Bertz CT molecular complexity index is 1530. The van der Waals surface area contributed by atoms with Crippen molar-refractivity contribution in [3.05, 3.63) is 70.3 Å². The number of halogens is 1. The molecule has 0 saturated heterocycles. The summed E-state index contributed by atoms with van der Waals surface area (Å²) in [6, 6.07) is 11.5. The average Bonchev–Trinajstić information content (AvgIpc) is 3.11. The standard InChI is InChI=1S/C35H45ClN2O5S/c1-3-4-10-33-23(2)7-5-9-31(39)28-14-11-26(28)20-38-21-35(17-6-8-24-18-27(36)13-15-29(24)35)22-43-32-16-12-25(19-30(32)38)34(40)37-44(33,41)42/h5,9,12-13,15-16,18-19,23,26,28,31,33,39H,3-4,6-8,10-11,14,17,20-22H2,1-2H3,(H,37,40)/b9-5-/t23-,26-,28+,31-,33+,35-/m0/s1. The molecule has 9 heteroatoms. The second-order valence-electron chi connectivity index (χ2n) is 13.6. The number of hydrogen-bond acceptors (Lipinski definition) is 6. The zero-order valence-corrected chi connectivity index (χ0v) is 27.4. The number of fused-ring (bicyclic) bond motifs is 4. The molecule has 2 bridgehead atoms. The summed E-state index contributed by atoms with van der Waals surface area (Å²) >= 11 is 6.40. The van der Waals surface area contributed by atoms with Crippen LogP contribution in [0.5, 0.6) is 5.75 Å². The van der Waals surface area contributed by atoms with E-state index >= 15 is 0 Å². The van der Waals surface area contributed by atoms with Crippen LogP contribution < -0.4 is 14.4 Å². The summed E-state index contributed by atoms with van der Waals surface area (Å²) in [5.41, 5.74) is 3.35. The summed E-state index contributed by atoms with van der Waals surface area (Å²) in [6.45, 7) is 5.87. The number of aliphatic hydroxyl groups is 1. The highest BCUT2D eigenvalue weighted by atomic mass is 35.5. The Labute approximate surface area is 267 Å². The Hall–Kier alpha value is -2.55. The molecular weight excluding hydrogens is 596 g/mol. The molecule has 1 saturated carbocycles. The molecule has 1 amide bonds. The van der Waals surface area contributed by atoms with Crippen molar-refractivity contribution in [1.29, 1.82) is 0 Å². The van der Waals surface area contributed by atoms with Gasteiger partial charge in [0.15, 0.2) is 0 Å². The monoisotopic (exact) mass is 640 g/mol. The number of rotatable bonds is 3. The fraction of sp³-hybridized carbons (Fsp3) is 0.571. The molecule has 4 aliphatic rings. The van der Waals surface area contributed by atoms with Crippen molar-refractivity contribution in [2.75, 3.05) is 24.6 Å². The molecular formula is C35H45ClN2O5S. The van der Waals surface area contributed by atoms with E-state index in [1.54, 1.807) is 12.1 Å². The number of carbonyl (C=O) groups is 1. The van der Waals surface area contributed by atoms with Gasteiger partial charge < -0.3 is 14.7 Å². The van der Waals surface area contributed by atoms with Crippen LogP contribution in [0, 0.1) is 17.8 Å². The molecule has 0 radical (unpaired) electrons. The summed E-state index contributed by atoms with van der Waals surface area (Å²) in [5.74, 6) is 0.278. The molecule has 2 aliphatic carbocycles. The van der Waals surface area contributed by atoms with E-state index in [2.05, 4.69) is 21.8 Å². The van der Waals surface area contributed by atoms with Crippen molar-refractivity contribution in [2.24, 2.45) is 17.8 Å². The quantitative estimate of drug-likeness (QED) is 0.376. The zero-order chi connectivity index (χ0) is 31.1. The van der Waals surface area contributed by atoms with Crippen molar-refractivity contribution >= 4 is 33.2 Å². The Kier molecular flexibility index (Phi) is 9.06. The summed E-state index contributed by atoms with van der Waals surface area (Å²) in [4.78, 5) is 15.9. The molecule has 0 aromatic heterocycles. The van der Waals surface area contributed by atoms with Crippen LogP contribution in [0.4, 0.5) is 5.69 Å². The Balaban J connectivity index is 1.41. The van der Waals surface area contributed by atoms with Crippen molar-refractivity contribution in [3.63, 3.8) is 0 Å². The first kappa shape index (κ1) is 31.4. The van der Waals surface area contributed by atoms with E-state index in [0.717, 1.165) is 62.2 Å². The van der Waals surface area contributed by atoms with Crippen molar-refractivity contribution in [2.45, 2.75) is 88.4 Å². The summed E-state index contributed by atoms with van der Waals surface area (Å²) in [5, 5.41) is 11.3. The van der Waals surface area contributed by atoms with Crippen molar-refractivity contribution in [1.82, 2.24) is 4.72 Å². The zero-order valence-electron chi connectivity index (χ0n) is 25.8. The number of aryl methyl sites for hydroxylation is 1. The van der Waals surface area contributed by atoms with E-state index in [1.807, 2.05) is 38.1 Å². The number of amides is 1. The van der Waals surface area contributed by atoms with E-state index in [-0.39, 0.29) is 23.2 Å². The molecule has 2 N–H and O–H groups in total. The Morgan fingerprint density at radius 3 is 2.80 bits per heavy atom. The lowest BCUT2D eigenvalue weighted by Gasteiger charge is -2.45. The van der Waals surface area contributed by atoms with Gasteiger partial charge in [0.1, 0.15) is 5.75 Å². The molecule has 238 valence electrons. The van der Waals surface area contributed by atoms with Gasteiger partial charge in [-0.15, -0.1) is 0 Å². The fourth-order valence-corrected chi connectivity index (χ4v) is 9.87. The minimum Gasteiger partial charge on any atom is -0.490 e. The molecule has 0 unspecified atom stereocenters. The number of anilines is 1. The van der Waals surface area contributed by atoms with Gasteiger partial charge >= 0.3 is 0 Å². The van der Waals surface area contributed by atoms with Crippen LogP contribution in [-0.2, 0) is 21.9 Å². The Morgan fingerprint density at radius 2 is 2.02 bits per heavy atom. The second-order valence-corrected chi connectivity index (χ2v) is 15.9. The first-order valence-corrected chi connectivity index (χ1v) is 18.2. The molecule has 44 heavy (non-hydrogen) atoms. The van der Waals surface area contributed by atoms with Crippen LogP contribution in [0.3, 0.4) is 0 Å². The maximum atomic E-state index is 13.6. The molecule has 2 aromatic carbocycles. The van der Waals surface area contributed by atoms with Crippen molar-refractivity contribution < 1.29 is 23.1 Å². The fourth-order valence-electron chi connectivity index (χ4n) is 7.95. The lowest BCUT2D eigenvalue weighted by Crippen LogP contribution is -2.49. The van der Waals surface area contributed by atoms with E-state index < -0.39 is 27.3 Å². The Morgan fingerprint density at radius 1 is 1.18 bits per heavy atom. The number of carbonyl (C=O) groups excluding carboxylic acids is 1. The minimum atomic E-state index is -3.94. The number of unbranched alkanes of at least 4 members (excludes halogenated alkanes) is 1. The van der Waals surface area contributed by atoms with Gasteiger partial charge in [0.25, 0.3) is 5.91 Å². The minimum absolute atomic E-state index is 0.126. The lowest BCUT2D eigenvalue weighted by molar-refractivity contribution is 0.0455. The summed E-state index contributed by atoms with van der Waals surface area (Å²) in [7, 11) is -3.94. The number of allylic oxidation sites excluding steroid dienone is 1. The van der Waals surface area contributed by atoms with Gasteiger partial charge in [-0.3, -0.25) is 4.79 Å². The molecule has 2 heterocycles. The van der Waals surface area contributed by atoms with Gasteiger partial charge in [-0.2, -0.15) is 0 Å². The predicted octanol–water partition coefficient (Wildman–Crippen LogP) is 6.41. The molecule has 1 fully saturated rings. The number of ether oxygens (including phenoxy) is 1. The van der Waals surface area contributed by atoms with Gasteiger partial charge in [-0.25, -0.2) is 13.1 Å². The number of benzene rings is 2. The summed E-state index contributed by atoms with van der Waals surface area (Å²) < 4.78 is 36.2.